The number of sulfone groups is 1. The molecular weight excluding hydrogens is 507 g/mol. The number of hydrogen-bond donors (Lipinski definition) is 0. The van der Waals surface area contributed by atoms with Crippen LogP contribution < -0.4 is 4.90 Å². The summed E-state index contributed by atoms with van der Waals surface area (Å²) in [7, 11) is -3.06. The first-order valence-electron chi connectivity index (χ1n) is 8.99. The summed E-state index contributed by atoms with van der Waals surface area (Å²) < 4.78 is 25.3. The van der Waals surface area contributed by atoms with Crippen LogP contribution in [0.4, 0.5) is 5.69 Å². The van der Waals surface area contributed by atoms with E-state index in [1.54, 1.807) is 0 Å². The summed E-state index contributed by atoms with van der Waals surface area (Å²) in [5, 5.41) is 0.536. The Kier molecular flexibility index (Phi) is 5.80. The number of carbonyl (C=O) groups is 1. The first-order valence-corrected chi connectivity index (χ1v) is 12.8. The summed E-state index contributed by atoms with van der Waals surface area (Å²) in [6, 6.07) is 17.6. The van der Waals surface area contributed by atoms with Gasteiger partial charge in [-0.25, -0.2) is 8.42 Å². The normalized spacial score (nSPS) is 24.5. The number of carbonyl (C=O) groups excluding carboxylic acids is 1. The van der Waals surface area contributed by atoms with E-state index in [4.69, 9.17) is 0 Å². The van der Waals surface area contributed by atoms with Crippen molar-refractivity contribution in [3.8, 4) is 0 Å². The lowest BCUT2D eigenvalue weighted by Gasteiger charge is -2.24. The van der Waals surface area contributed by atoms with Gasteiger partial charge in [0.2, 0.25) is 5.91 Å². The van der Waals surface area contributed by atoms with Crippen LogP contribution in [0.2, 0.25) is 0 Å². The van der Waals surface area contributed by atoms with Crippen LogP contribution in [0.1, 0.15) is 12.0 Å². The molecule has 1 amide bonds. The molecule has 2 aliphatic rings. The van der Waals surface area contributed by atoms with Gasteiger partial charge in [0.05, 0.1) is 17.5 Å². The fourth-order valence-corrected chi connectivity index (χ4v) is 8.01. The molecule has 0 aliphatic carbocycles. The summed E-state index contributed by atoms with van der Waals surface area (Å²) in [5.74, 6) is 0.0673. The number of aryl methyl sites for hydroxylation is 1. The Hall–Kier alpha value is -1.39. The molecule has 0 bridgehead atoms. The van der Waals surface area contributed by atoms with Gasteiger partial charge in [-0.2, -0.15) is 4.99 Å². The molecular formula is C20H19IN2O3S2. The zero-order valence-corrected chi connectivity index (χ0v) is 18.8. The highest BCUT2D eigenvalue weighted by atomic mass is 127. The third-order valence-corrected chi connectivity index (χ3v) is 8.72. The van der Waals surface area contributed by atoms with E-state index in [2.05, 4.69) is 27.6 Å². The van der Waals surface area contributed by atoms with Crippen molar-refractivity contribution in [2.24, 2.45) is 4.99 Å². The average Bonchev–Trinajstić information content (AvgIpc) is 3.11. The molecule has 2 heterocycles. The number of amidine groups is 1. The van der Waals surface area contributed by atoms with Crippen molar-refractivity contribution >= 4 is 61.0 Å². The fourth-order valence-electron chi connectivity index (χ4n) is 3.55. The van der Waals surface area contributed by atoms with Crippen molar-refractivity contribution in [3.05, 3.63) is 63.7 Å². The van der Waals surface area contributed by atoms with Crippen LogP contribution in [0.25, 0.3) is 0 Å². The molecule has 0 saturated carbocycles. The molecule has 0 radical (unpaired) electrons. The van der Waals surface area contributed by atoms with Crippen LogP contribution in [-0.2, 0) is 21.1 Å². The molecule has 2 aliphatic heterocycles. The van der Waals surface area contributed by atoms with Crippen molar-refractivity contribution in [3.63, 3.8) is 0 Å². The molecule has 2 aromatic carbocycles. The number of fused-ring (bicyclic) bond motifs is 1. The Bertz CT molecular complexity index is 1020. The summed E-state index contributed by atoms with van der Waals surface area (Å²) in [5.41, 5.74) is 1.99. The molecule has 5 nitrogen and oxygen atoms in total. The van der Waals surface area contributed by atoms with Gasteiger partial charge in [0, 0.05) is 20.9 Å². The van der Waals surface area contributed by atoms with Crippen LogP contribution in [0, 0.1) is 3.57 Å². The summed E-state index contributed by atoms with van der Waals surface area (Å²) in [6.45, 7) is 0. The molecule has 2 aromatic rings. The SMILES string of the molecule is O=C(CCc1ccccc1)N=C1S[C@@H]2CS(=O)(=O)C[C@@H]2N1c1cccc(I)c1. The monoisotopic (exact) mass is 526 g/mol. The van der Waals surface area contributed by atoms with Crippen LogP contribution >= 0.6 is 34.4 Å². The first-order chi connectivity index (χ1) is 13.4. The quantitative estimate of drug-likeness (QED) is 0.571. The molecule has 146 valence electrons. The number of halogens is 1. The lowest BCUT2D eigenvalue weighted by Crippen LogP contribution is -2.37. The van der Waals surface area contributed by atoms with Gasteiger partial charge in [0.25, 0.3) is 0 Å². The zero-order valence-electron chi connectivity index (χ0n) is 15.0. The number of hydrogen-bond acceptors (Lipinski definition) is 4. The molecule has 0 unspecified atom stereocenters. The highest BCUT2D eigenvalue weighted by molar-refractivity contribution is 14.1. The largest absolute Gasteiger partial charge is 0.316 e. The molecule has 0 aromatic heterocycles. The number of thioether (sulfide) groups is 1. The average molecular weight is 526 g/mol. The third kappa shape index (κ3) is 4.44. The predicted molar refractivity (Wildman–Crippen MR) is 123 cm³/mol. The van der Waals surface area contributed by atoms with E-state index in [0.29, 0.717) is 18.0 Å². The first kappa shape index (κ1) is 19.9. The highest BCUT2D eigenvalue weighted by Crippen LogP contribution is 2.41. The van der Waals surface area contributed by atoms with Crippen LogP contribution in [0.3, 0.4) is 0 Å². The number of amides is 1. The van der Waals surface area contributed by atoms with E-state index in [1.807, 2.05) is 59.5 Å². The van der Waals surface area contributed by atoms with E-state index in [0.717, 1.165) is 14.8 Å². The second-order valence-electron chi connectivity index (χ2n) is 6.92. The number of anilines is 1. The van der Waals surface area contributed by atoms with Crippen LogP contribution in [0.5, 0.6) is 0 Å². The van der Waals surface area contributed by atoms with Gasteiger partial charge in [0.1, 0.15) is 0 Å². The number of benzene rings is 2. The predicted octanol–water partition coefficient (Wildman–Crippen LogP) is 3.53. The standard InChI is InChI=1S/C20H19IN2O3S2/c21-15-7-4-8-16(11-15)23-17-12-28(25,26)13-18(17)27-20(23)22-19(24)10-9-14-5-2-1-3-6-14/h1-8,11,17-18H,9-10,12-13H2/t17-,18+/m0/s1. The van der Waals surface area contributed by atoms with Gasteiger partial charge in [-0.05, 0) is 52.8 Å². The molecule has 0 spiro atoms. The van der Waals surface area contributed by atoms with Gasteiger partial charge in [-0.15, -0.1) is 0 Å². The van der Waals surface area contributed by atoms with Gasteiger partial charge in [-0.3, -0.25) is 4.79 Å². The molecule has 8 heteroatoms. The Morgan fingerprint density at radius 1 is 1.14 bits per heavy atom. The molecule has 2 fully saturated rings. The van der Waals surface area contributed by atoms with Crippen molar-refractivity contribution in [2.75, 3.05) is 16.4 Å². The summed E-state index contributed by atoms with van der Waals surface area (Å²) in [4.78, 5) is 18.8. The Balaban J connectivity index is 1.58. The van der Waals surface area contributed by atoms with Crippen molar-refractivity contribution in [1.29, 1.82) is 0 Å². The second-order valence-corrected chi connectivity index (χ2v) is 11.5. The van der Waals surface area contributed by atoms with Crippen LogP contribution in [-0.4, -0.2) is 42.3 Å². The van der Waals surface area contributed by atoms with Crippen molar-refractivity contribution in [2.45, 2.75) is 24.1 Å². The topological polar surface area (TPSA) is 66.8 Å². The summed E-state index contributed by atoms with van der Waals surface area (Å²) in [6.07, 6.45) is 0.980. The minimum absolute atomic E-state index is 0.0801. The second kappa shape index (κ2) is 8.16. The molecule has 4 rings (SSSR count). The Morgan fingerprint density at radius 3 is 2.68 bits per heavy atom. The minimum atomic E-state index is -3.06. The van der Waals surface area contributed by atoms with Gasteiger partial charge in [-0.1, -0.05) is 48.2 Å². The molecule has 2 atom stereocenters. The van der Waals surface area contributed by atoms with E-state index in [9.17, 15) is 13.2 Å². The van der Waals surface area contributed by atoms with E-state index < -0.39 is 9.84 Å². The lowest BCUT2D eigenvalue weighted by atomic mass is 10.1. The maximum Gasteiger partial charge on any atom is 0.248 e. The number of aliphatic imine (C=N–C) groups is 1. The molecule has 0 N–H and O–H groups in total. The molecule has 28 heavy (non-hydrogen) atoms. The number of nitrogens with zero attached hydrogens (tertiary/aromatic N) is 2. The van der Waals surface area contributed by atoms with E-state index in [-0.39, 0.29) is 28.7 Å². The molecule has 2 saturated heterocycles. The van der Waals surface area contributed by atoms with Gasteiger partial charge >= 0.3 is 0 Å². The minimum Gasteiger partial charge on any atom is -0.316 e. The maximum atomic E-state index is 12.5. The van der Waals surface area contributed by atoms with E-state index in [1.165, 1.54) is 11.8 Å². The Morgan fingerprint density at radius 2 is 1.93 bits per heavy atom. The highest BCUT2D eigenvalue weighted by Gasteiger charge is 2.49. The van der Waals surface area contributed by atoms with Crippen molar-refractivity contribution in [1.82, 2.24) is 0 Å². The lowest BCUT2D eigenvalue weighted by molar-refractivity contribution is -0.117. The maximum absolute atomic E-state index is 12.5. The van der Waals surface area contributed by atoms with Crippen LogP contribution in [0.15, 0.2) is 59.6 Å². The fraction of sp³-hybridized carbons (Fsp3) is 0.300. The third-order valence-electron chi connectivity index (χ3n) is 4.84. The smallest absolute Gasteiger partial charge is 0.248 e. The Labute approximate surface area is 182 Å². The number of rotatable bonds is 4. The van der Waals surface area contributed by atoms with E-state index >= 15 is 0 Å². The summed E-state index contributed by atoms with van der Waals surface area (Å²) >= 11 is 3.65. The van der Waals surface area contributed by atoms with Crippen molar-refractivity contribution < 1.29 is 13.2 Å². The van der Waals surface area contributed by atoms with Gasteiger partial charge < -0.3 is 4.90 Å². The zero-order chi connectivity index (χ0) is 19.7. The van der Waals surface area contributed by atoms with Gasteiger partial charge in [0.15, 0.2) is 15.0 Å².